The second kappa shape index (κ2) is 4.82. The molecule has 1 rings (SSSR count). The van der Waals surface area contributed by atoms with Gasteiger partial charge in [0.2, 0.25) is 0 Å². The molecule has 5 N–H and O–H groups in total. The molecule has 6 heteroatoms. The first-order valence-corrected chi connectivity index (χ1v) is 4.15. The Morgan fingerprint density at radius 2 is 2.19 bits per heavy atom. The Bertz CT molecular complexity index is 534. The van der Waals surface area contributed by atoms with Crippen LogP contribution in [0.1, 0.15) is 17.1 Å². The van der Waals surface area contributed by atoms with Crippen LogP contribution in [0.3, 0.4) is 0 Å². The minimum atomic E-state index is -2.98. The van der Waals surface area contributed by atoms with Gasteiger partial charge in [0.15, 0.2) is 11.5 Å². The number of rotatable bonds is 3. The van der Waals surface area contributed by atoms with E-state index in [4.69, 9.17) is 11.2 Å². The van der Waals surface area contributed by atoms with Gasteiger partial charge in [-0.2, -0.15) is 0 Å². The molecule has 0 aromatic heterocycles. The summed E-state index contributed by atoms with van der Waals surface area (Å²) in [7, 11) is 0.964. The van der Waals surface area contributed by atoms with Gasteiger partial charge in [0.25, 0.3) is 0 Å². The predicted octanol–water partition coefficient (Wildman–Crippen LogP) is -0.369. The third-order valence-corrected chi connectivity index (χ3v) is 1.78. The summed E-state index contributed by atoms with van der Waals surface area (Å²) in [5, 5.41) is 28.7. The molecule has 2 atom stereocenters. The van der Waals surface area contributed by atoms with E-state index >= 15 is 0 Å². The van der Waals surface area contributed by atoms with E-state index in [9.17, 15) is 20.1 Å². The van der Waals surface area contributed by atoms with Crippen LogP contribution >= 0.6 is 0 Å². The maximum absolute atomic E-state index is 11.3. The van der Waals surface area contributed by atoms with Crippen LogP contribution in [0.25, 0.3) is 0 Å². The first-order chi connectivity index (χ1) is 9.07. The van der Waals surface area contributed by atoms with Crippen LogP contribution in [0.5, 0.6) is 11.5 Å². The number of aromatic hydroxyl groups is 2. The molecule has 0 unspecified atom stereocenters. The molecule has 0 saturated heterocycles. The second-order valence-electron chi connectivity index (χ2n) is 2.83. The van der Waals surface area contributed by atoms with Crippen LogP contribution in [0.15, 0.2) is 18.1 Å². The number of benzene rings is 1. The molecule has 16 heavy (non-hydrogen) atoms. The monoisotopic (exact) mass is 231 g/mol. The Morgan fingerprint density at radius 1 is 1.56 bits per heavy atom. The Balaban J connectivity index is 3.58. The van der Waals surface area contributed by atoms with E-state index in [1.807, 2.05) is 0 Å². The first kappa shape index (κ1) is 7.48. The fourth-order valence-corrected chi connectivity index (χ4v) is 0.912. The highest BCUT2D eigenvalue weighted by molar-refractivity contribution is 5.76. The van der Waals surface area contributed by atoms with E-state index < -0.39 is 53.3 Å². The number of carbonyl (C=O) groups is 1. The average molecular weight is 231 g/mol. The van der Waals surface area contributed by atoms with Crippen molar-refractivity contribution in [2.45, 2.75) is 12.1 Å². The number of methoxy groups -OCH3 is 1. The normalized spacial score (nSPS) is 19.7. The smallest absolute Gasteiger partial charge is 0.325 e. The van der Waals surface area contributed by atoms with Crippen molar-refractivity contribution >= 4 is 5.97 Å². The van der Waals surface area contributed by atoms with Gasteiger partial charge >= 0.3 is 5.97 Å². The lowest BCUT2D eigenvalue weighted by atomic mass is 10.0. The zero-order valence-electron chi connectivity index (χ0n) is 12.3. The fraction of sp³-hybridized carbons (Fsp3) is 0.300. The lowest BCUT2D eigenvalue weighted by Gasteiger charge is -2.17. The number of carbonyl (C=O) groups excluding carboxylic acids is 1. The van der Waals surface area contributed by atoms with Crippen molar-refractivity contribution in [1.82, 2.24) is 0 Å². The van der Waals surface area contributed by atoms with Gasteiger partial charge in [-0.25, -0.2) is 0 Å². The van der Waals surface area contributed by atoms with Gasteiger partial charge in [-0.1, -0.05) is 6.04 Å². The molecular weight excluding hydrogens is 214 g/mol. The van der Waals surface area contributed by atoms with E-state index in [-0.39, 0.29) is 0 Å². The highest BCUT2D eigenvalue weighted by atomic mass is 16.5. The number of phenols is 2. The molecule has 6 nitrogen and oxygen atoms in total. The van der Waals surface area contributed by atoms with Crippen molar-refractivity contribution in [3.63, 3.8) is 0 Å². The van der Waals surface area contributed by atoms with Gasteiger partial charge in [0, 0.05) is 0 Å². The maximum Gasteiger partial charge on any atom is 0.325 e. The van der Waals surface area contributed by atoms with Gasteiger partial charge in [0.1, 0.15) is 12.1 Å². The molecule has 0 amide bonds. The number of ether oxygens (including phenoxy) is 1. The zero-order valence-corrected chi connectivity index (χ0v) is 8.31. The number of hydrogen-bond donors (Lipinski definition) is 4. The van der Waals surface area contributed by atoms with Gasteiger partial charge in [0.05, 0.1) is 12.6 Å². The molecule has 1 aromatic carbocycles. The fourth-order valence-electron chi connectivity index (χ4n) is 0.912. The summed E-state index contributed by atoms with van der Waals surface area (Å²) in [6.45, 7) is 0. The summed E-state index contributed by atoms with van der Waals surface area (Å²) in [5.74, 6) is -3.31. The van der Waals surface area contributed by atoms with Crippen LogP contribution in [0.4, 0.5) is 0 Å². The molecule has 0 aliphatic heterocycles. The molecule has 0 bridgehead atoms. The van der Waals surface area contributed by atoms with Gasteiger partial charge < -0.3 is 25.8 Å². The molecule has 0 saturated carbocycles. The summed E-state index contributed by atoms with van der Waals surface area (Å²) in [6.07, 6.45) is -2.98. The average Bonchev–Trinajstić information content (AvgIpc) is 2.41. The topological polar surface area (TPSA) is 113 Å². The van der Waals surface area contributed by atoms with E-state index in [1.54, 1.807) is 0 Å². The second-order valence-corrected chi connectivity index (χ2v) is 2.83. The lowest BCUT2D eigenvalue weighted by molar-refractivity contribution is -0.145. The number of nitrogens with two attached hydrogens (primary N) is 1. The largest absolute Gasteiger partial charge is 0.504 e. The molecule has 0 aliphatic carbocycles. The van der Waals surface area contributed by atoms with Crippen molar-refractivity contribution in [3.8, 4) is 11.5 Å². The minimum Gasteiger partial charge on any atom is -0.504 e. The quantitative estimate of drug-likeness (QED) is 0.417. The van der Waals surface area contributed by atoms with Crippen molar-refractivity contribution in [1.29, 1.82) is 0 Å². The minimum absolute atomic E-state index is 0.879. The molecule has 0 radical (unpaired) electrons. The van der Waals surface area contributed by atoms with E-state index in [0.29, 0.717) is 0 Å². The van der Waals surface area contributed by atoms with Crippen molar-refractivity contribution < 1.29 is 30.3 Å². The summed E-state index contributed by atoms with van der Waals surface area (Å²) in [6, 6.07) is -4.75. The maximum atomic E-state index is 11.3. The zero-order chi connectivity index (χ0) is 15.8. The number of esters is 1. The highest BCUT2D eigenvalue weighted by Crippen LogP contribution is 2.28. The Labute approximate surface area is 97.5 Å². The van der Waals surface area contributed by atoms with Crippen LogP contribution in [0.2, 0.25) is 0 Å². The van der Waals surface area contributed by atoms with Crippen LogP contribution in [0, 0.1) is 0 Å². The van der Waals surface area contributed by atoms with Crippen LogP contribution in [-0.2, 0) is 9.53 Å². The molecule has 0 aliphatic rings. The molecular formula is C10H13NO5. The molecule has 1 aromatic rings. The van der Waals surface area contributed by atoms with Gasteiger partial charge in [-0.15, -0.1) is 0 Å². The van der Waals surface area contributed by atoms with Crippen LogP contribution in [-0.4, -0.2) is 34.4 Å². The third-order valence-electron chi connectivity index (χ3n) is 1.78. The number of aliphatic hydroxyl groups is 1. The Hall–Kier alpha value is -1.79. The standard InChI is InChI=1S/C10H13NO5/c1-16-10(15)8(11)9(14)5-2-3-6(12)7(13)4-5/h2-4,8-9,12-14H,11H2,1H3/t8-,9+/m1/s1/i2D,3D,4D,9D. The molecule has 0 fully saturated rings. The van der Waals surface area contributed by atoms with Crippen molar-refractivity contribution in [2.75, 3.05) is 7.11 Å². The first-order valence-electron chi connectivity index (χ1n) is 6.15. The number of phenolic OH excluding ortho intramolecular Hbond substituents is 2. The van der Waals surface area contributed by atoms with E-state index in [0.717, 1.165) is 7.11 Å². The molecule has 88 valence electrons. The summed E-state index contributed by atoms with van der Waals surface area (Å²) in [5.41, 5.74) is 4.45. The van der Waals surface area contributed by atoms with Gasteiger partial charge in [-0.05, 0) is 17.6 Å². The van der Waals surface area contributed by atoms with E-state index in [2.05, 4.69) is 4.74 Å². The van der Waals surface area contributed by atoms with E-state index in [1.165, 1.54) is 0 Å². The SMILES string of the molecule is [2H]c1c([2H])c([C@]([2H])(O)[C@@H](N)C(=O)OC)c([2H])c(O)c1O. The predicted molar refractivity (Wildman–Crippen MR) is 54.7 cm³/mol. The summed E-state index contributed by atoms with van der Waals surface area (Å²) in [4.78, 5) is 11.3. The number of hydrogen-bond acceptors (Lipinski definition) is 6. The van der Waals surface area contributed by atoms with Crippen molar-refractivity contribution in [3.05, 3.63) is 23.7 Å². The van der Waals surface area contributed by atoms with Crippen LogP contribution < -0.4 is 5.73 Å². The summed E-state index contributed by atoms with van der Waals surface area (Å²) >= 11 is 0. The lowest BCUT2D eigenvalue weighted by Crippen LogP contribution is -2.37. The van der Waals surface area contributed by atoms with Gasteiger partial charge in [-0.3, -0.25) is 4.79 Å². The summed E-state index contributed by atoms with van der Waals surface area (Å²) < 4.78 is 34.4. The third kappa shape index (κ3) is 2.41. The molecule has 0 spiro atoms. The highest BCUT2D eigenvalue weighted by Gasteiger charge is 2.25. The Kier molecular flexibility index (Phi) is 2.25. The Morgan fingerprint density at radius 3 is 2.75 bits per heavy atom. The molecule has 0 heterocycles. The van der Waals surface area contributed by atoms with Crippen molar-refractivity contribution in [2.24, 2.45) is 5.73 Å².